The standard InChI is InChI=1S/C12H11FN2O3/c13-9-3-7(5-14)1-2-10(9)15-6-8(16)4-11(15)12(17)18/h1-3,8,11,16H,4,6H2,(H,17,18). The number of halogens is 1. The molecule has 18 heavy (non-hydrogen) atoms. The first-order valence-electron chi connectivity index (χ1n) is 5.40. The lowest BCUT2D eigenvalue weighted by molar-refractivity contribution is -0.138. The monoisotopic (exact) mass is 250 g/mol. The zero-order valence-electron chi connectivity index (χ0n) is 9.38. The van der Waals surface area contributed by atoms with E-state index in [1.165, 1.54) is 17.0 Å². The van der Waals surface area contributed by atoms with Crippen LogP contribution < -0.4 is 4.90 Å². The van der Waals surface area contributed by atoms with Gasteiger partial charge in [0.2, 0.25) is 0 Å². The molecule has 0 saturated carbocycles. The van der Waals surface area contributed by atoms with Gasteiger partial charge in [-0.15, -0.1) is 0 Å². The number of anilines is 1. The minimum absolute atomic E-state index is 0.0643. The first-order chi connectivity index (χ1) is 8.52. The lowest BCUT2D eigenvalue weighted by Gasteiger charge is -2.23. The first kappa shape index (κ1) is 12.3. The van der Waals surface area contributed by atoms with Crippen molar-refractivity contribution >= 4 is 11.7 Å². The highest BCUT2D eigenvalue weighted by molar-refractivity contribution is 5.79. The predicted molar refractivity (Wildman–Crippen MR) is 60.5 cm³/mol. The fourth-order valence-electron chi connectivity index (χ4n) is 2.12. The third-order valence-electron chi connectivity index (χ3n) is 2.95. The van der Waals surface area contributed by atoms with Gasteiger partial charge in [0.05, 0.1) is 23.4 Å². The van der Waals surface area contributed by atoms with E-state index in [0.717, 1.165) is 6.07 Å². The molecule has 5 nitrogen and oxygen atoms in total. The lowest BCUT2D eigenvalue weighted by Crippen LogP contribution is -2.36. The van der Waals surface area contributed by atoms with Crippen molar-refractivity contribution in [2.75, 3.05) is 11.4 Å². The molecule has 0 aromatic heterocycles. The van der Waals surface area contributed by atoms with Crippen LogP contribution in [-0.2, 0) is 4.79 Å². The number of aliphatic hydroxyl groups excluding tert-OH is 1. The molecule has 2 N–H and O–H groups in total. The van der Waals surface area contributed by atoms with Gasteiger partial charge >= 0.3 is 5.97 Å². The van der Waals surface area contributed by atoms with E-state index in [4.69, 9.17) is 10.4 Å². The van der Waals surface area contributed by atoms with E-state index in [2.05, 4.69) is 0 Å². The van der Waals surface area contributed by atoms with Crippen LogP contribution in [0.2, 0.25) is 0 Å². The number of nitrogens with zero attached hydrogens (tertiary/aromatic N) is 2. The van der Waals surface area contributed by atoms with Gasteiger partial charge in [0.1, 0.15) is 11.9 Å². The third-order valence-corrected chi connectivity index (χ3v) is 2.95. The number of hydrogen-bond donors (Lipinski definition) is 2. The molecule has 1 aromatic carbocycles. The largest absolute Gasteiger partial charge is 0.480 e. The van der Waals surface area contributed by atoms with Gasteiger partial charge in [-0.2, -0.15) is 5.26 Å². The quantitative estimate of drug-likeness (QED) is 0.808. The van der Waals surface area contributed by atoms with Gasteiger partial charge < -0.3 is 15.1 Å². The molecule has 0 radical (unpaired) electrons. The molecule has 1 aliphatic heterocycles. The number of carboxylic acids is 1. The third kappa shape index (κ3) is 2.13. The van der Waals surface area contributed by atoms with E-state index >= 15 is 0 Å². The highest BCUT2D eigenvalue weighted by Gasteiger charge is 2.37. The summed E-state index contributed by atoms with van der Waals surface area (Å²) in [6.07, 6.45) is -0.726. The molecule has 1 aromatic rings. The number of rotatable bonds is 2. The van der Waals surface area contributed by atoms with Crippen molar-refractivity contribution in [2.24, 2.45) is 0 Å². The smallest absolute Gasteiger partial charge is 0.326 e. The Kier molecular flexibility index (Phi) is 3.17. The zero-order chi connectivity index (χ0) is 13.3. The topological polar surface area (TPSA) is 84.6 Å². The molecule has 0 spiro atoms. The molecule has 1 heterocycles. The molecule has 1 saturated heterocycles. The van der Waals surface area contributed by atoms with Crippen molar-refractivity contribution in [1.29, 1.82) is 5.26 Å². The second kappa shape index (κ2) is 4.63. The van der Waals surface area contributed by atoms with E-state index in [9.17, 15) is 14.3 Å². The molecule has 6 heteroatoms. The van der Waals surface area contributed by atoms with Crippen molar-refractivity contribution < 1.29 is 19.4 Å². The van der Waals surface area contributed by atoms with Gasteiger partial charge in [-0.1, -0.05) is 0 Å². The van der Waals surface area contributed by atoms with Gasteiger partial charge in [-0.3, -0.25) is 0 Å². The van der Waals surface area contributed by atoms with Crippen LogP contribution in [0, 0.1) is 17.1 Å². The highest BCUT2D eigenvalue weighted by Crippen LogP contribution is 2.28. The van der Waals surface area contributed by atoms with E-state index in [1.807, 2.05) is 0 Å². The molecule has 1 fully saturated rings. The van der Waals surface area contributed by atoms with Crippen molar-refractivity contribution in [3.05, 3.63) is 29.6 Å². The summed E-state index contributed by atoms with van der Waals surface area (Å²) >= 11 is 0. The summed E-state index contributed by atoms with van der Waals surface area (Å²) in [5, 5.41) is 27.2. The van der Waals surface area contributed by atoms with Crippen LogP contribution >= 0.6 is 0 Å². The number of benzene rings is 1. The Balaban J connectivity index is 2.36. The molecular weight excluding hydrogens is 239 g/mol. The van der Waals surface area contributed by atoms with Crippen LogP contribution in [0.1, 0.15) is 12.0 Å². The van der Waals surface area contributed by atoms with E-state index < -0.39 is 23.9 Å². The summed E-state index contributed by atoms with van der Waals surface area (Å²) in [5.41, 5.74) is 0.265. The number of aliphatic carboxylic acids is 1. The van der Waals surface area contributed by atoms with Crippen LogP contribution in [0.25, 0.3) is 0 Å². The maximum atomic E-state index is 13.8. The van der Waals surface area contributed by atoms with Crippen molar-refractivity contribution in [3.63, 3.8) is 0 Å². The van der Waals surface area contributed by atoms with Gasteiger partial charge in [0.25, 0.3) is 0 Å². The number of β-amino-alcohol motifs (C(OH)–C–C–N with tert-alkyl or cyclic N) is 1. The highest BCUT2D eigenvalue weighted by atomic mass is 19.1. The van der Waals surface area contributed by atoms with Crippen LogP contribution in [0.5, 0.6) is 0 Å². The number of hydrogen-bond acceptors (Lipinski definition) is 4. The maximum absolute atomic E-state index is 13.8. The number of carbonyl (C=O) groups is 1. The molecule has 94 valence electrons. The Morgan fingerprint density at radius 3 is 2.83 bits per heavy atom. The van der Waals surface area contributed by atoms with Gasteiger partial charge in [-0.05, 0) is 18.2 Å². The normalized spacial score (nSPS) is 22.8. The van der Waals surface area contributed by atoms with Crippen LogP contribution in [0.3, 0.4) is 0 Å². The Labute approximate surface area is 103 Å². The summed E-state index contributed by atoms with van der Waals surface area (Å²) in [5.74, 6) is -1.76. The summed E-state index contributed by atoms with van der Waals surface area (Å²) in [6.45, 7) is 0.0692. The molecule has 0 aliphatic carbocycles. The van der Waals surface area contributed by atoms with Crippen LogP contribution in [0.15, 0.2) is 18.2 Å². The second-order valence-corrected chi connectivity index (χ2v) is 4.17. The van der Waals surface area contributed by atoms with Gasteiger partial charge in [0.15, 0.2) is 0 Å². The van der Waals surface area contributed by atoms with E-state index in [-0.39, 0.29) is 24.2 Å². The lowest BCUT2D eigenvalue weighted by atomic mass is 10.1. The van der Waals surface area contributed by atoms with Crippen LogP contribution in [0.4, 0.5) is 10.1 Å². The van der Waals surface area contributed by atoms with E-state index in [1.54, 1.807) is 6.07 Å². The molecule has 2 rings (SSSR count). The molecular formula is C12H11FN2O3. The summed E-state index contributed by atoms with van der Waals surface area (Å²) in [7, 11) is 0. The maximum Gasteiger partial charge on any atom is 0.326 e. The average molecular weight is 250 g/mol. The number of nitriles is 1. The molecule has 0 bridgehead atoms. The molecule has 2 unspecified atom stereocenters. The van der Waals surface area contributed by atoms with Crippen molar-refractivity contribution in [3.8, 4) is 6.07 Å². The summed E-state index contributed by atoms with van der Waals surface area (Å²) < 4.78 is 13.8. The average Bonchev–Trinajstić information content (AvgIpc) is 2.71. The van der Waals surface area contributed by atoms with Crippen LogP contribution in [-0.4, -0.2) is 34.9 Å². The fourth-order valence-corrected chi connectivity index (χ4v) is 2.12. The Hall–Kier alpha value is -2.13. The Morgan fingerprint density at radius 2 is 2.28 bits per heavy atom. The first-order valence-corrected chi connectivity index (χ1v) is 5.40. The van der Waals surface area contributed by atoms with Gasteiger partial charge in [0, 0.05) is 13.0 Å². The predicted octanol–water partition coefficient (Wildman–Crippen LogP) is 0.722. The summed E-state index contributed by atoms with van der Waals surface area (Å²) in [4.78, 5) is 12.3. The van der Waals surface area contributed by atoms with Crippen molar-refractivity contribution in [2.45, 2.75) is 18.6 Å². The second-order valence-electron chi connectivity index (χ2n) is 4.17. The molecule has 1 aliphatic rings. The molecule has 0 amide bonds. The number of carboxylic acid groups (broad SMARTS) is 1. The summed E-state index contributed by atoms with van der Waals surface area (Å²) in [6, 6.07) is 4.70. The molecule has 2 atom stereocenters. The van der Waals surface area contributed by atoms with Crippen molar-refractivity contribution in [1.82, 2.24) is 0 Å². The number of aliphatic hydroxyl groups is 1. The zero-order valence-corrected chi connectivity index (χ0v) is 9.38. The Bertz CT molecular complexity index is 527. The fraction of sp³-hybridized carbons (Fsp3) is 0.333. The SMILES string of the molecule is N#Cc1ccc(N2CC(O)CC2C(=O)O)c(F)c1. The van der Waals surface area contributed by atoms with Gasteiger partial charge in [-0.25, -0.2) is 9.18 Å². The minimum atomic E-state index is -1.10. The van der Waals surface area contributed by atoms with E-state index in [0.29, 0.717) is 0 Å². The Morgan fingerprint density at radius 1 is 1.56 bits per heavy atom. The minimum Gasteiger partial charge on any atom is -0.480 e.